The molecule has 0 atom stereocenters. The molecule has 3 aromatic heterocycles. The normalized spacial score (nSPS) is 10.6. The fourth-order valence-electron chi connectivity index (χ4n) is 1.56. The molecule has 0 radical (unpaired) electrons. The van der Waals surface area contributed by atoms with Gasteiger partial charge < -0.3 is 9.52 Å². The molecule has 0 saturated carbocycles. The maximum Gasteiger partial charge on any atom is 0.357 e. The lowest BCUT2D eigenvalue weighted by Gasteiger charge is -1.91. The Labute approximate surface area is 117 Å². The first kappa shape index (κ1) is 12.4. The molecular formula is C12H8N4O3S. The number of nitrogens with zero attached hydrogens (tertiary/aromatic N) is 4. The molecular weight excluding hydrogens is 280 g/mol. The zero-order valence-electron chi connectivity index (χ0n) is 10.1. The summed E-state index contributed by atoms with van der Waals surface area (Å²) in [6, 6.07) is 3.69. The molecule has 0 unspecified atom stereocenters. The molecule has 100 valence electrons. The summed E-state index contributed by atoms with van der Waals surface area (Å²) in [7, 11) is 0. The second-order valence-corrected chi connectivity index (χ2v) is 4.91. The highest BCUT2D eigenvalue weighted by Gasteiger charge is 2.13. The minimum absolute atomic E-state index is 0.112. The zero-order chi connectivity index (χ0) is 13.9. The number of hydrogen-bond acceptors (Lipinski definition) is 7. The third-order valence-electron chi connectivity index (χ3n) is 2.47. The molecule has 0 spiro atoms. The van der Waals surface area contributed by atoms with Crippen molar-refractivity contribution < 1.29 is 14.3 Å². The van der Waals surface area contributed by atoms with Gasteiger partial charge in [-0.05, 0) is 12.1 Å². The van der Waals surface area contributed by atoms with Gasteiger partial charge in [0.05, 0.1) is 6.42 Å². The van der Waals surface area contributed by atoms with Crippen LogP contribution in [0.2, 0.25) is 0 Å². The Morgan fingerprint density at radius 1 is 1.30 bits per heavy atom. The molecule has 3 aromatic rings. The SMILES string of the molecule is O=C(O)c1coc(Cc2nnc(-c3ccncc3)s2)n1. The van der Waals surface area contributed by atoms with Gasteiger partial charge in [0.15, 0.2) is 5.69 Å². The number of carboxylic acid groups (broad SMARTS) is 1. The van der Waals surface area contributed by atoms with Gasteiger partial charge in [-0.25, -0.2) is 9.78 Å². The van der Waals surface area contributed by atoms with Crippen LogP contribution < -0.4 is 0 Å². The van der Waals surface area contributed by atoms with Crippen LogP contribution in [0, 0.1) is 0 Å². The molecule has 0 aliphatic heterocycles. The lowest BCUT2D eigenvalue weighted by molar-refractivity contribution is 0.0690. The largest absolute Gasteiger partial charge is 0.476 e. The van der Waals surface area contributed by atoms with E-state index in [1.54, 1.807) is 12.4 Å². The quantitative estimate of drug-likeness (QED) is 0.781. The molecule has 20 heavy (non-hydrogen) atoms. The number of aromatic carboxylic acids is 1. The average molecular weight is 288 g/mol. The van der Waals surface area contributed by atoms with Crippen molar-refractivity contribution in [2.24, 2.45) is 0 Å². The van der Waals surface area contributed by atoms with Crippen molar-refractivity contribution in [3.8, 4) is 10.6 Å². The average Bonchev–Trinajstić information content (AvgIpc) is 3.10. The minimum Gasteiger partial charge on any atom is -0.476 e. The van der Waals surface area contributed by atoms with Crippen molar-refractivity contribution in [3.05, 3.63) is 47.4 Å². The van der Waals surface area contributed by atoms with Crippen LogP contribution in [0.4, 0.5) is 0 Å². The molecule has 0 saturated heterocycles. The summed E-state index contributed by atoms with van der Waals surface area (Å²) in [6.07, 6.45) is 4.80. The zero-order valence-corrected chi connectivity index (χ0v) is 10.9. The number of oxazole rings is 1. The van der Waals surface area contributed by atoms with Crippen molar-refractivity contribution in [2.75, 3.05) is 0 Å². The number of pyridine rings is 1. The van der Waals surface area contributed by atoms with Crippen LogP contribution in [-0.4, -0.2) is 31.2 Å². The Balaban J connectivity index is 1.78. The van der Waals surface area contributed by atoms with Gasteiger partial charge >= 0.3 is 5.97 Å². The smallest absolute Gasteiger partial charge is 0.357 e. The Morgan fingerprint density at radius 2 is 2.10 bits per heavy atom. The van der Waals surface area contributed by atoms with Crippen molar-refractivity contribution in [2.45, 2.75) is 6.42 Å². The Morgan fingerprint density at radius 3 is 2.80 bits per heavy atom. The van der Waals surface area contributed by atoms with E-state index < -0.39 is 5.97 Å². The molecule has 3 rings (SSSR count). The number of hydrogen-bond donors (Lipinski definition) is 1. The summed E-state index contributed by atoms with van der Waals surface area (Å²) < 4.78 is 5.08. The molecule has 0 fully saturated rings. The molecule has 7 nitrogen and oxygen atoms in total. The van der Waals surface area contributed by atoms with E-state index in [0.29, 0.717) is 17.3 Å². The molecule has 0 amide bonds. The molecule has 8 heteroatoms. The van der Waals surface area contributed by atoms with E-state index in [9.17, 15) is 4.79 Å². The predicted molar refractivity (Wildman–Crippen MR) is 69.4 cm³/mol. The van der Waals surface area contributed by atoms with Gasteiger partial charge in [0.25, 0.3) is 0 Å². The standard InChI is InChI=1S/C12H8N4O3S/c17-12(18)8-6-19-9(14-8)5-10-15-16-11(20-10)7-1-3-13-4-2-7/h1-4,6H,5H2,(H,17,18). The summed E-state index contributed by atoms with van der Waals surface area (Å²) >= 11 is 1.40. The first-order valence-corrected chi connectivity index (χ1v) is 6.44. The van der Waals surface area contributed by atoms with Crippen molar-refractivity contribution in [1.29, 1.82) is 0 Å². The van der Waals surface area contributed by atoms with Gasteiger partial charge in [0.1, 0.15) is 16.3 Å². The third kappa shape index (κ3) is 2.54. The van der Waals surface area contributed by atoms with Gasteiger partial charge in [-0.1, -0.05) is 11.3 Å². The van der Waals surface area contributed by atoms with E-state index in [2.05, 4.69) is 20.2 Å². The molecule has 0 aromatic carbocycles. The van der Waals surface area contributed by atoms with Crippen LogP contribution in [0.1, 0.15) is 21.4 Å². The first-order chi connectivity index (χ1) is 9.72. The van der Waals surface area contributed by atoms with E-state index >= 15 is 0 Å². The van der Waals surface area contributed by atoms with E-state index in [1.165, 1.54) is 11.3 Å². The summed E-state index contributed by atoms with van der Waals surface area (Å²) in [5, 5.41) is 18.4. The van der Waals surface area contributed by atoms with Crippen LogP contribution in [0.3, 0.4) is 0 Å². The summed E-state index contributed by atoms with van der Waals surface area (Å²) in [6.45, 7) is 0. The van der Waals surface area contributed by atoms with Crippen LogP contribution in [-0.2, 0) is 6.42 Å². The molecule has 0 aliphatic carbocycles. The molecule has 1 N–H and O–H groups in total. The number of carbonyl (C=O) groups is 1. The number of aromatic nitrogens is 4. The fraction of sp³-hybridized carbons (Fsp3) is 0.0833. The second-order valence-electron chi connectivity index (χ2n) is 3.85. The minimum atomic E-state index is -1.12. The van der Waals surface area contributed by atoms with E-state index in [4.69, 9.17) is 9.52 Å². The van der Waals surface area contributed by atoms with Crippen LogP contribution in [0.5, 0.6) is 0 Å². The van der Waals surface area contributed by atoms with E-state index in [-0.39, 0.29) is 5.69 Å². The Bertz CT molecular complexity index is 738. The van der Waals surface area contributed by atoms with Gasteiger partial charge in [-0.3, -0.25) is 4.98 Å². The maximum absolute atomic E-state index is 10.7. The Kier molecular flexibility index (Phi) is 3.21. The van der Waals surface area contributed by atoms with Gasteiger partial charge in [-0.15, -0.1) is 10.2 Å². The highest BCUT2D eigenvalue weighted by molar-refractivity contribution is 7.14. The van der Waals surface area contributed by atoms with Crippen molar-refractivity contribution in [1.82, 2.24) is 20.2 Å². The number of rotatable bonds is 4. The fourth-order valence-corrected chi connectivity index (χ4v) is 2.39. The van der Waals surface area contributed by atoms with Crippen molar-refractivity contribution in [3.63, 3.8) is 0 Å². The summed E-state index contributed by atoms with van der Waals surface area (Å²) in [5.74, 6) is -0.811. The maximum atomic E-state index is 10.7. The van der Waals surface area contributed by atoms with Crippen LogP contribution in [0.25, 0.3) is 10.6 Å². The third-order valence-corrected chi connectivity index (χ3v) is 3.44. The van der Waals surface area contributed by atoms with Gasteiger partial charge in [-0.2, -0.15) is 0 Å². The summed E-state index contributed by atoms with van der Waals surface area (Å²) in [5.41, 5.74) is 0.821. The van der Waals surface area contributed by atoms with E-state index in [0.717, 1.165) is 16.8 Å². The lowest BCUT2D eigenvalue weighted by Crippen LogP contribution is -1.97. The molecule has 0 aliphatic rings. The van der Waals surface area contributed by atoms with Crippen molar-refractivity contribution >= 4 is 17.3 Å². The predicted octanol–water partition coefficient (Wildman–Crippen LogP) is 1.88. The molecule has 3 heterocycles. The van der Waals surface area contributed by atoms with Crippen LogP contribution in [0.15, 0.2) is 35.2 Å². The van der Waals surface area contributed by atoms with Gasteiger partial charge in [0.2, 0.25) is 5.89 Å². The highest BCUT2D eigenvalue weighted by atomic mass is 32.1. The highest BCUT2D eigenvalue weighted by Crippen LogP contribution is 2.23. The van der Waals surface area contributed by atoms with Crippen LogP contribution >= 0.6 is 11.3 Å². The topological polar surface area (TPSA) is 102 Å². The molecule has 0 bridgehead atoms. The van der Waals surface area contributed by atoms with E-state index in [1.807, 2.05) is 12.1 Å². The second kappa shape index (κ2) is 5.17. The monoisotopic (exact) mass is 288 g/mol. The Hall–Kier alpha value is -2.61. The lowest BCUT2D eigenvalue weighted by atomic mass is 10.3. The summed E-state index contributed by atoms with van der Waals surface area (Å²) in [4.78, 5) is 18.5. The number of carboxylic acids is 1. The first-order valence-electron chi connectivity index (χ1n) is 5.63. The van der Waals surface area contributed by atoms with Gasteiger partial charge in [0, 0.05) is 18.0 Å².